The zero-order valence-corrected chi connectivity index (χ0v) is 16.2. The van der Waals surface area contributed by atoms with Gasteiger partial charge in [-0.1, -0.05) is 69.7 Å². The number of benzene rings is 1. The Bertz CT molecular complexity index is 549. The fraction of sp³-hybridized carbons (Fsp3) is 0.684. The van der Waals surface area contributed by atoms with E-state index in [1.807, 2.05) is 0 Å². The van der Waals surface area contributed by atoms with Gasteiger partial charge in [-0.05, 0) is 30.4 Å². The minimum absolute atomic E-state index is 0.0283. The van der Waals surface area contributed by atoms with Crippen LogP contribution < -0.4 is 5.73 Å². The third-order valence-electron chi connectivity index (χ3n) is 4.68. The molecule has 1 fully saturated rings. The summed E-state index contributed by atoms with van der Waals surface area (Å²) in [6.07, 6.45) is 10.9. The molecule has 0 bridgehead atoms. The van der Waals surface area contributed by atoms with Gasteiger partial charge in [-0.25, -0.2) is 4.57 Å². The van der Waals surface area contributed by atoms with Gasteiger partial charge in [0.1, 0.15) is 0 Å². The van der Waals surface area contributed by atoms with Crippen LogP contribution in [0.3, 0.4) is 0 Å². The predicted molar refractivity (Wildman–Crippen MR) is 100 cm³/mol. The largest absolute Gasteiger partial charge is 0.472 e. The minimum Gasteiger partial charge on any atom is -0.321 e. The second-order valence-corrected chi connectivity index (χ2v) is 8.70. The Labute approximate surface area is 151 Å². The van der Waals surface area contributed by atoms with Crippen LogP contribution in [0.5, 0.6) is 0 Å². The van der Waals surface area contributed by atoms with Crippen LogP contribution in [0.15, 0.2) is 24.3 Å². The average molecular weight is 369 g/mol. The van der Waals surface area contributed by atoms with Gasteiger partial charge in [-0.3, -0.25) is 9.05 Å². The number of nitrogens with two attached hydrogens (primary N) is 1. The van der Waals surface area contributed by atoms with Crippen LogP contribution in [0, 0.1) is 0 Å². The highest BCUT2D eigenvalue weighted by Crippen LogP contribution is 2.47. The van der Waals surface area contributed by atoms with Crippen LogP contribution in [0.2, 0.25) is 0 Å². The summed E-state index contributed by atoms with van der Waals surface area (Å²) in [6, 6.07) is 8.46. The fourth-order valence-electron chi connectivity index (χ4n) is 3.12. The third kappa shape index (κ3) is 7.59. The van der Waals surface area contributed by atoms with Crippen molar-refractivity contribution in [2.75, 3.05) is 13.2 Å². The van der Waals surface area contributed by atoms with Crippen molar-refractivity contribution in [3.05, 3.63) is 35.4 Å². The molecule has 0 aliphatic carbocycles. The molecule has 0 atom stereocenters. The molecule has 0 spiro atoms. The molecule has 1 aliphatic rings. The van der Waals surface area contributed by atoms with Crippen molar-refractivity contribution in [1.82, 2.24) is 0 Å². The van der Waals surface area contributed by atoms with Crippen molar-refractivity contribution in [1.29, 1.82) is 0 Å². The zero-order valence-electron chi connectivity index (χ0n) is 15.3. The first kappa shape index (κ1) is 20.6. The SMILES string of the molecule is CCCCCCCCCc1ccc(CC2(N)COP(=O)(O)OC2)cc1. The van der Waals surface area contributed by atoms with E-state index in [0.717, 1.165) is 12.0 Å². The quantitative estimate of drug-likeness (QED) is 0.473. The van der Waals surface area contributed by atoms with E-state index in [9.17, 15) is 9.46 Å². The van der Waals surface area contributed by atoms with Gasteiger partial charge in [0, 0.05) is 0 Å². The van der Waals surface area contributed by atoms with E-state index in [4.69, 9.17) is 14.8 Å². The summed E-state index contributed by atoms with van der Waals surface area (Å²) in [7, 11) is -3.88. The van der Waals surface area contributed by atoms with Crippen molar-refractivity contribution < 1.29 is 18.5 Å². The molecular formula is C19H32NO4P. The second-order valence-electron chi connectivity index (χ2n) is 7.24. The molecule has 2 rings (SSSR count). The maximum absolute atomic E-state index is 11.3. The van der Waals surface area contributed by atoms with Gasteiger partial charge < -0.3 is 10.6 Å². The van der Waals surface area contributed by atoms with Gasteiger partial charge in [0.05, 0.1) is 18.8 Å². The minimum atomic E-state index is -3.88. The van der Waals surface area contributed by atoms with Crippen LogP contribution >= 0.6 is 7.82 Å². The zero-order chi connectivity index (χ0) is 18.2. The normalized spacial score (nSPS) is 26.7. The third-order valence-corrected chi connectivity index (χ3v) is 5.59. The molecule has 6 heteroatoms. The van der Waals surface area contributed by atoms with Crippen molar-refractivity contribution >= 4 is 7.82 Å². The molecule has 142 valence electrons. The summed E-state index contributed by atoms with van der Waals surface area (Å²) >= 11 is 0. The Morgan fingerprint density at radius 3 is 2.12 bits per heavy atom. The first-order valence-electron chi connectivity index (χ1n) is 9.41. The van der Waals surface area contributed by atoms with Crippen LogP contribution in [-0.4, -0.2) is 23.6 Å². The molecule has 25 heavy (non-hydrogen) atoms. The lowest BCUT2D eigenvalue weighted by Gasteiger charge is -2.34. The molecule has 1 saturated heterocycles. The molecule has 1 heterocycles. The van der Waals surface area contributed by atoms with Crippen molar-refractivity contribution in [3.8, 4) is 0 Å². The molecule has 0 aromatic heterocycles. The first-order valence-corrected chi connectivity index (χ1v) is 10.9. The Kier molecular flexibility index (Phi) is 8.11. The van der Waals surface area contributed by atoms with Gasteiger partial charge in [0.2, 0.25) is 0 Å². The predicted octanol–water partition coefficient (Wildman–Crippen LogP) is 4.37. The van der Waals surface area contributed by atoms with Gasteiger partial charge in [0.15, 0.2) is 0 Å². The summed E-state index contributed by atoms with van der Waals surface area (Å²) < 4.78 is 21.0. The Balaban J connectivity index is 1.70. The number of hydrogen-bond acceptors (Lipinski definition) is 4. The monoisotopic (exact) mass is 369 g/mol. The number of phosphoric acid groups is 1. The first-order chi connectivity index (χ1) is 11.9. The molecule has 0 unspecified atom stereocenters. The highest BCUT2D eigenvalue weighted by molar-refractivity contribution is 7.47. The lowest BCUT2D eigenvalue weighted by Crippen LogP contribution is -2.52. The number of phosphoric ester groups is 1. The van der Waals surface area contributed by atoms with E-state index in [0.29, 0.717) is 6.42 Å². The smallest absolute Gasteiger partial charge is 0.321 e. The summed E-state index contributed by atoms with van der Waals surface area (Å²) in [4.78, 5) is 9.23. The summed E-state index contributed by atoms with van der Waals surface area (Å²) in [5, 5.41) is 0. The van der Waals surface area contributed by atoms with E-state index in [-0.39, 0.29) is 13.2 Å². The second kappa shape index (κ2) is 9.84. The lowest BCUT2D eigenvalue weighted by molar-refractivity contribution is 0.0409. The van der Waals surface area contributed by atoms with Crippen LogP contribution in [0.25, 0.3) is 0 Å². The van der Waals surface area contributed by atoms with E-state index in [1.54, 1.807) is 0 Å². The van der Waals surface area contributed by atoms with Crippen molar-refractivity contribution in [2.45, 2.75) is 70.3 Å². The number of hydrogen-bond donors (Lipinski definition) is 2. The van der Waals surface area contributed by atoms with Crippen LogP contribution in [0.4, 0.5) is 0 Å². The molecule has 1 aliphatic heterocycles. The summed E-state index contributed by atoms with van der Waals surface area (Å²) in [5.41, 5.74) is 7.90. The maximum atomic E-state index is 11.3. The van der Waals surface area contributed by atoms with E-state index >= 15 is 0 Å². The molecule has 3 N–H and O–H groups in total. The highest BCUT2D eigenvalue weighted by Gasteiger charge is 2.38. The Morgan fingerprint density at radius 2 is 1.52 bits per heavy atom. The summed E-state index contributed by atoms with van der Waals surface area (Å²) in [6.45, 7) is 2.30. The Morgan fingerprint density at radius 1 is 1.00 bits per heavy atom. The van der Waals surface area contributed by atoms with E-state index in [1.165, 1.54) is 50.5 Å². The molecule has 5 nitrogen and oxygen atoms in total. The van der Waals surface area contributed by atoms with Gasteiger partial charge in [-0.2, -0.15) is 0 Å². The van der Waals surface area contributed by atoms with Crippen LogP contribution in [-0.2, 0) is 26.5 Å². The number of unbranched alkanes of at least 4 members (excludes halogenated alkanes) is 6. The topological polar surface area (TPSA) is 81.8 Å². The van der Waals surface area contributed by atoms with Gasteiger partial charge in [-0.15, -0.1) is 0 Å². The average Bonchev–Trinajstić information content (AvgIpc) is 2.59. The van der Waals surface area contributed by atoms with Crippen molar-refractivity contribution in [2.24, 2.45) is 5.73 Å². The van der Waals surface area contributed by atoms with E-state index in [2.05, 4.69) is 31.2 Å². The lowest BCUT2D eigenvalue weighted by atomic mass is 9.92. The standard InChI is InChI=1S/C19H32NO4P/c1-2-3-4-5-6-7-8-9-17-10-12-18(13-11-17)14-19(20)15-23-25(21,22)24-16-19/h10-13H,2-9,14-16,20H2,1H3,(H,21,22). The number of aryl methyl sites for hydroxylation is 1. The van der Waals surface area contributed by atoms with Crippen LogP contribution in [0.1, 0.15) is 63.0 Å². The van der Waals surface area contributed by atoms with Crippen molar-refractivity contribution in [3.63, 3.8) is 0 Å². The highest BCUT2D eigenvalue weighted by atomic mass is 31.2. The fourth-order valence-corrected chi connectivity index (χ4v) is 4.03. The number of rotatable bonds is 10. The van der Waals surface area contributed by atoms with E-state index < -0.39 is 13.4 Å². The molecule has 1 aromatic rings. The van der Waals surface area contributed by atoms with Gasteiger partial charge >= 0.3 is 7.82 Å². The molecule has 0 radical (unpaired) electrons. The molecule has 0 saturated carbocycles. The molecular weight excluding hydrogens is 337 g/mol. The Hall–Kier alpha value is -0.710. The molecule has 0 amide bonds. The molecule has 1 aromatic carbocycles. The maximum Gasteiger partial charge on any atom is 0.472 e. The van der Waals surface area contributed by atoms with Gasteiger partial charge in [0.25, 0.3) is 0 Å². The summed E-state index contributed by atoms with van der Waals surface area (Å²) in [5.74, 6) is 0.